The van der Waals surface area contributed by atoms with Gasteiger partial charge in [-0.05, 0) is 57.3 Å². The van der Waals surface area contributed by atoms with Crippen LogP contribution in [0.3, 0.4) is 0 Å². The van der Waals surface area contributed by atoms with Crippen molar-refractivity contribution in [3.8, 4) is 11.9 Å². The Bertz CT molecular complexity index is 1580. The number of ether oxygens (including phenoxy) is 2. The number of nitrogens with zero attached hydrogens (tertiary/aromatic N) is 5. The van der Waals surface area contributed by atoms with Crippen LogP contribution in [0.1, 0.15) is 16.3 Å². The van der Waals surface area contributed by atoms with Crippen LogP contribution in [0.2, 0.25) is 0 Å². The second-order valence-corrected chi connectivity index (χ2v) is 9.92. The highest BCUT2D eigenvalue weighted by molar-refractivity contribution is 9.10. The molecule has 15 nitrogen and oxygen atoms in total. The van der Waals surface area contributed by atoms with Crippen LogP contribution >= 0.6 is 15.9 Å². The lowest BCUT2D eigenvalue weighted by Crippen LogP contribution is -2.15. The minimum atomic E-state index is -4.03. The van der Waals surface area contributed by atoms with Crippen LogP contribution in [0.4, 0.5) is 17.3 Å². The van der Waals surface area contributed by atoms with Crippen LogP contribution in [0.25, 0.3) is 0 Å². The maximum absolute atomic E-state index is 12.8. The monoisotopic (exact) mass is 607 g/mol. The van der Waals surface area contributed by atoms with Crippen molar-refractivity contribution in [2.24, 2.45) is 0 Å². The fraction of sp³-hybridized carbons (Fsp3) is 0.143. The van der Waals surface area contributed by atoms with Crippen molar-refractivity contribution < 1.29 is 32.0 Å². The van der Waals surface area contributed by atoms with E-state index in [-0.39, 0.29) is 45.2 Å². The van der Waals surface area contributed by atoms with E-state index in [1.165, 1.54) is 67.6 Å². The van der Waals surface area contributed by atoms with Crippen molar-refractivity contribution >= 4 is 49.2 Å². The van der Waals surface area contributed by atoms with Gasteiger partial charge >= 0.3 is 11.8 Å². The Morgan fingerprint density at radius 3 is 2.53 bits per heavy atom. The zero-order valence-corrected chi connectivity index (χ0v) is 22.0. The molecule has 3 heterocycles. The lowest BCUT2D eigenvalue weighted by atomic mass is 10.3. The zero-order valence-electron chi connectivity index (χ0n) is 19.6. The molecule has 0 saturated heterocycles. The minimum Gasteiger partial charge on any atom is -0.481 e. The molecule has 198 valence electrons. The third-order valence-electron chi connectivity index (χ3n) is 4.81. The van der Waals surface area contributed by atoms with Crippen LogP contribution in [0, 0.1) is 10.1 Å². The van der Waals surface area contributed by atoms with Crippen LogP contribution in [0.15, 0.2) is 62.4 Å². The predicted octanol–water partition coefficient (Wildman–Crippen LogP) is 3.06. The molecule has 0 radical (unpaired) electrons. The standard InChI is InChI=1S/C21H18BrN7O8S/c1-35-18-9-17(24-21(25-18)36-2)27-38(33,34)14-6-3-12(4-7-14)23-20(30)16-8-5-13(37-16)10-28-11-15(22)19(26-28)29(31)32/h3-9,11H,10H2,1-2H3,(H,23,30)(H,24,25,27). The number of hydrogen-bond acceptors (Lipinski definition) is 11. The van der Waals surface area contributed by atoms with Gasteiger partial charge < -0.3 is 29.3 Å². The number of methoxy groups -OCH3 is 2. The molecule has 38 heavy (non-hydrogen) atoms. The second-order valence-electron chi connectivity index (χ2n) is 7.39. The normalized spacial score (nSPS) is 11.1. The number of nitro groups is 1. The van der Waals surface area contributed by atoms with Crippen molar-refractivity contribution in [2.75, 3.05) is 24.3 Å². The summed E-state index contributed by atoms with van der Waals surface area (Å²) in [6.07, 6.45) is 1.42. The highest BCUT2D eigenvalue weighted by atomic mass is 79.9. The molecule has 0 spiro atoms. The molecule has 0 bridgehead atoms. The SMILES string of the molecule is COc1cc(NS(=O)(=O)c2ccc(NC(=O)c3ccc(Cn4cc(Br)c([N+](=O)[O-])n4)o3)cc2)nc(OC)n1. The van der Waals surface area contributed by atoms with Gasteiger partial charge in [-0.25, -0.2) is 8.42 Å². The van der Waals surface area contributed by atoms with Gasteiger partial charge in [0.25, 0.3) is 15.9 Å². The van der Waals surface area contributed by atoms with Gasteiger partial charge in [0.05, 0.1) is 30.4 Å². The van der Waals surface area contributed by atoms with Crippen molar-refractivity contribution in [1.82, 2.24) is 19.7 Å². The molecule has 4 rings (SSSR count). The number of halogens is 1. The van der Waals surface area contributed by atoms with E-state index in [4.69, 9.17) is 13.9 Å². The van der Waals surface area contributed by atoms with Gasteiger partial charge in [-0.3, -0.25) is 9.52 Å². The fourth-order valence-corrected chi connectivity index (χ4v) is 4.55. The lowest BCUT2D eigenvalue weighted by molar-refractivity contribution is -0.390. The number of amides is 1. The predicted molar refractivity (Wildman–Crippen MR) is 135 cm³/mol. The Hall–Kier alpha value is -4.51. The number of carbonyl (C=O) groups is 1. The van der Waals surface area contributed by atoms with Crippen LogP contribution < -0.4 is 19.5 Å². The zero-order chi connectivity index (χ0) is 27.4. The van der Waals surface area contributed by atoms with Gasteiger partial charge in [-0.1, -0.05) is 0 Å². The van der Waals surface area contributed by atoms with E-state index >= 15 is 0 Å². The van der Waals surface area contributed by atoms with Gasteiger partial charge in [0.2, 0.25) is 5.88 Å². The molecule has 3 aromatic heterocycles. The van der Waals surface area contributed by atoms with E-state index in [1.807, 2.05) is 0 Å². The number of furan rings is 1. The number of carbonyl (C=O) groups excluding carboxylic acids is 1. The van der Waals surface area contributed by atoms with E-state index in [0.29, 0.717) is 11.4 Å². The molecule has 4 aromatic rings. The quantitative estimate of drug-likeness (QED) is 0.198. The van der Waals surface area contributed by atoms with E-state index in [0.717, 1.165) is 0 Å². The second kappa shape index (κ2) is 10.9. The van der Waals surface area contributed by atoms with Gasteiger partial charge in [-0.2, -0.15) is 14.6 Å². The first-order valence-electron chi connectivity index (χ1n) is 10.5. The molecule has 2 N–H and O–H groups in total. The Labute approximate surface area is 223 Å². The molecule has 0 unspecified atom stereocenters. The molecule has 17 heteroatoms. The van der Waals surface area contributed by atoms with Crippen molar-refractivity contribution in [3.05, 3.63) is 74.8 Å². The van der Waals surface area contributed by atoms with Gasteiger partial charge in [-0.15, -0.1) is 0 Å². The van der Waals surface area contributed by atoms with E-state index in [9.17, 15) is 23.3 Å². The average Bonchev–Trinajstić information content (AvgIpc) is 3.50. The molecular weight excluding hydrogens is 590 g/mol. The number of nitrogens with one attached hydrogen (secondary N) is 2. The van der Waals surface area contributed by atoms with E-state index in [2.05, 4.69) is 41.0 Å². The Balaban J connectivity index is 1.41. The summed E-state index contributed by atoms with van der Waals surface area (Å²) in [5, 5.41) is 17.4. The summed E-state index contributed by atoms with van der Waals surface area (Å²) >= 11 is 3.06. The number of hydrogen-bond donors (Lipinski definition) is 2. The Morgan fingerprint density at radius 1 is 1.16 bits per heavy atom. The summed E-state index contributed by atoms with van der Waals surface area (Å²) in [6, 6.07) is 9.57. The summed E-state index contributed by atoms with van der Waals surface area (Å²) in [5.74, 6) is -0.565. The first-order chi connectivity index (χ1) is 18.1. The maximum Gasteiger partial charge on any atom is 0.404 e. The summed E-state index contributed by atoms with van der Waals surface area (Å²) in [6.45, 7) is 0.0589. The van der Waals surface area contributed by atoms with Gasteiger partial charge in [0.15, 0.2) is 11.6 Å². The third kappa shape index (κ3) is 6.06. The number of sulfonamides is 1. The first-order valence-corrected chi connectivity index (χ1v) is 12.7. The summed E-state index contributed by atoms with van der Waals surface area (Å²) in [4.78, 5) is 30.6. The van der Waals surface area contributed by atoms with Crippen molar-refractivity contribution in [1.29, 1.82) is 0 Å². The first kappa shape index (κ1) is 26.6. The maximum atomic E-state index is 12.8. The molecule has 0 aliphatic carbocycles. The third-order valence-corrected chi connectivity index (χ3v) is 6.74. The van der Waals surface area contributed by atoms with Crippen LogP contribution in [0.5, 0.6) is 11.9 Å². The highest BCUT2D eigenvalue weighted by Crippen LogP contribution is 2.24. The van der Waals surface area contributed by atoms with Crippen molar-refractivity contribution in [2.45, 2.75) is 11.4 Å². The number of rotatable bonds is 10. The number of benzene rings is 1. The highest BCUT2D eigenvalue weighted by Gasteiger charge is 2.21. The number of anilines is 2. The fourth-order valence-electron chi connectivity index (χ4n) is 3.09. The molecule has 0 aliphatic heterocycles. The smallest absolute Gasteiger partial charge is 0.404 e. The molecule has 1 amide bonds. The molecular formula is C21H18BrN7O8S. The molecule has 1 aromatic carbocycles. The number of aromatic nitrogens is 4. The summed E-state index contributed by atoms with van der Waals surface area (Å²) < 4.78 is 44.8. The van der Waals surface area contributed by atoms with Gasteiger partial charge in [0.1, 0.15) is 16.8 Å². The van der Waals surface area contributed by atoms with Crippen LogP contribution in [-0.2, 0) is 16.6 Å². The Kier molecular flexibility index (Phi) is 7.58. The molecule has 0 saturated carbocycles. The molecule has 0 aliphatic rings. The average molecular weight is 608 g/mol. The summed E-state index contributed by atoms with van der Waals surface area (Å²) in [5.41, 5.74) is 0.309. The molecule has 0 atom stereocenters. The van der Waals surface area contributed by atoms with Crippen molar-refractivity contribution in [3.63, 3.8) is 0 Å². The summed E-state index contributed by atoms with van der Waals surface area (Å²) in [7, 11) is -1.34. The topological polar surface area (TPSA) is 194 Å². The van der Waals surface area contributed by atoms with E-state index in [1.54, 1.807) is 0 Å². The minimum absolute atomic E-state index is 0.0225. The van der Waals surface area contributed by atoms with Crippen LogP contribution in [-0.4, -0.2) is 53.2 Å². The lowest BCUT2D eigenvalue weighted by Gasteiger charge is -2.10. The largest absolute Gasteiger partial charge is 0.481 e. The van der Waals surface area contributed by atoms with E-state index < -0.39 is 20.9 Å². The molecule has 0 fully saturated rings. The Morgan fingerprint density at radius 2 is 1.89 bits per heavy atom. The van der Waals surface area contributed by atoms with Gasteiger partial charge in [0, 0.05) is 11.8 Å².